The monoisotopic (exact) mass is 212 g/mol. The van der Waals surface area contributed by atoms with Crippen molar-refractivity contribution in [2.45, 2.75) is 46.5 Å². The number of likely N-dealkylation sites (tertiary alicyclic amines) is 1. The molecule has 1 rings (SSSR count). The van der Waals surface area contributed by atoms with Gasteiger partial charge >= 0.3 is 0 Å². The summed E-state index contributed by atoms with van der Waals surface area (Å²) in [4.78, 5) is 2.63. The van der Waals surface area contributed by atoms with Crippen molar-refractivity contribution in [2.24, 2.45) is 17.1 Å². The van der Waals surface area contributed by atoms with Gasteiger partial charge < -0.3 is 10.6 Å². The first-order valence-electron chi connectivity index (χ1n) is 6.58. The molecule has 0 spiro atoms. The fraction of sp³-hybridized carbons (Fsp3) is 1.00. The Bertz CT molecular complexity index is 167. The summed E-state index contributed by atoms with van der Waals surface area (Å²) in [5, 5.41) is 0. The van der Waals surface area contributed by atoms with E-state index in [0.29, 0.717) is 5.41 Å². The molecule has 2 heteroatoms. The molecule has 1 unspecified atom stereocenters. The van der Waals surface area contributed by atoms with Crippen LogP contribution in [0, 0.1) is 11.3 Å². The van der Waals surface area contributed by atoms with Crippen LogP contribution >= 0.6 is 0 Å². The molecule has 1 saturated heterocycles. The van der Waals surface area contributed by atoms with Crippen molar-refractivity contribution in [3.05, 3.63) is 0 Å². The van der Waals surface area contributed by atoms with Crippen LogP contribution in [0.5, 0.6) is 0 Å². The van der Waals surface area contributed by atoms with Crippen molar-refractivity contribution >= 4 is 0 Å². The van der Waals surface area contributed by atoms with Gasteiger partial charge in [-0.05, 0) is 50.1 Å². The van der Waals surface area contributed by atoms with Crippen LogP contribution < -0.4 is 5.73 Å². The molecule has 90 valence electrons. The van der Waals surface area contributed by atoms with Crippen molar-refractivity contribution in [3.63, 3.8) is 0 Å². The van der Waals surface area contributed by atoms with Crippen LogP contribution in [0.15, 0.2) is 0 Å². The highest BCUT2D eigenvalue weighted by Gasteiger charge is 2.28. The molecule has 1 fully saturated rings. The lowest BCUT2D eigenvalue weighted by Crippen LogP contribution is -2.45. The standard InChI is InChI=1S/C13H28N2/c1-4-13(5-2,10-14)11-15-8-6-7-12(3)9-15/h12H,4-11,14H2,1-3H3. The fourth-order valence-corrected chi connectivity index (χ4v) is 2.73. The minimum absolute atomic E-state index is 0.372. The molecule has 1 aliphatic heterocycles. The average molecular weight is 212 g/mol. The third kappa shape index (κ3) is 3.46. The molecular weight excluding hydrogens is 184 g/mol. The number of hydrogen-bond acceptors (Lipinski definition) is 2. The molecule has 0 saturated carbocycles. The first kappa shape index (κ1) is 13.0. The Hall–Kier alpha value is -0.0800. The first-order chi connectivity index (χ1) is 7.15. The molecule has 0 radical (unpaired) electrons. The van der Waals surface area contributed by atoms with E-state index in [1.807, 2.05) is 0 Å². The fourth-order valence-electron chi connectivity index (χ4n) is 2.73. The van der Waals surface area contributed by atoms with E-state index in [-0.39, 0.29) is 0 Å². The largest absolute Gasteiger partial charge is 0.330 e. The highest BCUT2D eigenvalue weighted by Crippen LogP contribution is 2.28. The Morgan fingerprint density at radius 3 is 2.47 bits per heavy atom. The lowest BCUT2D eigenvalue weighted by molar-refractivity contribution is 0.104. The van der Waals surface area contributed by atoms with E-state index in [2.05, 4.69) is 25.7 Å². The van der Waals surface area contributed by atoms with Gasteiger partial charge in [0.15, 0.2) is 0 Å². The Labute approximate surface area is 95.2 Å². The summed E-state index contributed by atoms with van der Waals surface area (Å²) in [7, 11) is 0. The van der Waals surface area contributed by atoms with Gasteiger partial charge in [0.25, 0.3) is 0 Å². The number of rotatable bonds is 5. The highest BCUT2D eigenvalue weighted by molar-refractivity contribution is 4.83. The van der Waals surface area contributed by atoms with Gasteiger partial charge in [0.2, 0.25) is 0 Å². The average Bonchev–Trinajstić information content (AvgIpc) is 2.26. The zero-order valence-corrected chi connectivity index (χ0v) is 10.8. The number of nitrogens with two attached hydrogens (primary N) is 1. The third-order valence-corrected chi connectivity index (χ3v) is 4.23. The van der Waals surface area contributed by atoms with Crippen LogP contribution in [0.25, 0.3) is 0 Å². The topological polar surface area (TPSA) is 29.3 Å². The van der Waals surface area contributed by atoms with E-state index < -0.39 is 0 Å². The Morgan fingerprint density at radius 1 is 1.33 bits per heavy atom. The molecule has 1 atom stereocenters. The van der Waals surface area contributed by atoms with Gasteiger partial charge in [-0.2, -0.15) is 0 Å². The van der Waals surface area contributed by atoms with Gasteiger partial charge in [-0.1, -0.05) is 20.8 Å². The van der Waals surface area contributed by atoms with E-state index in [9.17, 15) is 0 Å². The normalized spacial score (nSPS) is 24.4. The van der Waals surface area contributed by atoms with Crippen molar-refractivity contribution < 1.29 is 0 Å². The molecule has 0 aromatic heterocycles. The SMILES string of the molecule is CCC(CC)(CN)CN1CCCC(C)C1. The number of hydrogen-bond donors (Lipinski definition) is 1. The number of nitrogens with zero attached hydrogens (tertiary/aromatic N) is 1. The van der Waals surface area contributed by atoms with Crippen molar-refractivity contribution in [1.82, 2.24) is 4.90 Å². The molecular formula is C13H28N2. The van der Waals surface area contributed by atoms with Gasteiger partial charge in [0.05, 0.1) is 0 Å². The molecule has 0 aliphatic carbocycles. The van der Waals surface area contributed by atoms with Gasteiger partial charge in [-0.25, -0.2) is 0 Å². The maximum absolute atomic E-state index is 5.95. The lowest BCUT2D eigenvalue weighted by atomic mass is 9.81. The second-order valence-corrected chi connectivity index (χ2v) is 5.39. The quantitative estimate of drug-likeness (QED) is 0.758. The van der Waals surface area contributed by atoms with E-state index in [1.54, 1.807) is 0 Å². The van der Waals surface area contributed by atoms with Crippen LogP contribution in [-0.4, -0.2) is 31.1 Å². The molecule has 0 aromatic rings. The number of piperidine rings is 1. The van der Waals surface area contributed by atoms with Gasteiger partial charge in [0.1, 0.15) is 0 Å². The summed E-state index contributed by atoms with van der Waals surface area (Å²) >= 11 is 0. The van der Waals surface area contributed by atoms with Crippen LogP contribution in [-0.2, 0) is 0 Å². The van der Waals surface area contributed by atoms with Crippen LogP contribution in [0.4, 0.5) is 0 Å². The Morgan fingerprint density at radius 2 is 2.00 bits per heavy atom. The Balaban J connectivity index is 2.49. The molecule has 15 heavy (non-hydrogen) atoms. The summed E-state index contributed by atoms with van der Waals surface area (Å²) < 4.78 is 0. The predicted octanol–water partition coefficient (Wildman–Crippen LogP) is 2.48. The van der Waals surface area contributed by atoms with Gasteiger partial charge in [-0.3, -0.25) is 0 Å². The summed E-state index contributed by atoms with van der Waals surface area (Å²) in [5.41, 5.74) is 6.33. The van der Waals surface area contributed by atoms with Crippen molar-refractivity contribution in [2.75, 3.05) is 26.2 Å². The van der Waals surface area contributed by atoms with E-state index in [1.165, 1.54) is 45.3 Å². The van der Waals surface area contributed by atoms with Crippen molar-refractivity contribution in [1.29, 1.82) is 0 Å². The first-order valence-corrected chi connectivity index (χ1v) is 6.58. The highest BCUT2D eigenvalue weighted by atomic mass is 15.1. The smallest absolute Gasteiger partial charge is 0.00500 e. The van der Waals surface area contributed by atoms with E-state index >= 15 is 0 Å². The Kier molecular flexibility index (Phi) is 5.07. The van der Waals surface area contributed by atoms with E-state index in [4.69, 9.17) is 5.73 Å². The molecule has 1 aliphatic rings. The second kappa shape index (κ2) is 5.86. The predicted molar refractivity (Wildman–Crippen MR) is 66.9 cm³/mol. The van der Waals surface area contributed by atoms with Gasteiger partial charge in [-0.15, -0.1) is 0 Å². The van der Waals surface area contributed by atoms with Crippen LogP contribution in [0.3, 0.4) is 0 Å². The molecule has 0 bridgehead atoms. The summed E-state index contributed by atoms with van der Waals surface area (Å²) in [5.74, 6) is 0.878. The third-order valence-electron chi connectivity index (χ3n) is 4.23. The minimum Gasteiger partial charge on any atom is -0.330 e. The zero-order chi connectivity index (χ0) is 11.3. The minimum atomic E-state index is 0.372. The maximum atomic E-state index is 5.95. The molecule has 0 aromatic carbocycles. The summed E-state index contributed by atoms with van der Waals surface area (Å²) in [6.07, 6.45) is 5.20. The zero-order valence-electron chi connectivity index (χ0n) is 10.8. The molecule has 0 amide bonds. The van der Waals surface area contributed by atoms with Crippen LogP contribution in [0.2, 0.25) is 0 Å². The van der Waals surface area contributed by atoms with Crippen molar-refractivity contribution in [3.8, 4) is 0 Å². The van der Waals surface area contributed by atoms with E-state index in [0.717, 1.165) is 12.5 Å². The lowest BCUT2D eigenvalue weighted by Gasteiger charge is -2.39. The molecule has 2 N–H and O–H groups in total. The van der Waals surface area contributed by atoms with Gasteiger partial charge in [0, 0.05) is 13.1 Å². The molecule has 2 nitrogen and oxygen atoms in total. The molecule has 1 heterocycles. The summed E-state index contributed by atoms with van der Waals surface area (Å²) in [6.45, 7) is 11.5. The summed E-state index contributed by atoms with van der Waals surface area (Å²) in [6, 6.07) is 0. The van der Waals surface area contributed by atoms with Crippen LogP contribution in [0.1, 0.15) is 46.5 Å². The second-order valence-electron chi connectivity index (χ2n) is 5.39. The maximum Gasteiger partial charge on any atom is 0.00500 e.